The van der Waals surface area contributed by atoms with Crippen LogP contribution in [0, 0.1) is 6.92 Å². The Hall–Kier alpha value is -1.59. The lowest BCUT2D eigenvalue weighted by Gasteiger charge is -2.42. The first-order chi connectivity index (χ1) is 9.82. The highest BCUT2D eigenvalue weighted by Gasteiger charge is 2.43. The first kappa shape index (κ1) is 15.8. The number of aliphatic carboxylic acids is 1. The van der Waals surface area contributed by atoms with Crippen molar-refractivity contribution in [1.82, 2.24) is 4.90 Å². The van der Waals surface area contributed by atoms with Gasteiger partial charge in [0.2, 0.25) is 5.91 Å². The molecule has 1 aromatic rings. The summed E-state index contributed by atoms with van der Waals surface area (Å²) in [6.07, 6.45) is -1.09. The van der Waals surface area contributed by atoms with E-state index in [4.69, 9.17) is 16.3 Å². The lowest BCUT2D eigenvalue weighted by atomic mass is 9.95. The standard InChI is InChI=1S/C15H18ClNO4/c1-8(2)17-12(18)7-21-14(15(19)20)13(17)10-5-4-9(3)11(16)6-10/h4-6,8,13-14H,7H2,1-3H3,(H,19,20). The Morgan fingerprint density at radius 3 is 2.67 bits per heavy atom. The maximum atomic E-state index is 12.1. The van der Waals surface area contributed by atoms with Crippen LogP contribution in [0.15, 0.2) is 18.2 Å². The van der Waals surface area contributed by atoms with E-state index in [0.29, 0.717) is 10.6 Å². The SMILES string of the molecule is Cc1ccc(C2C(C(=O)O)OCC(=O)N2C(C)C)cc1Cl. The van der Waals surface area contributed by atoms with Crippen molar-refractivity contribution in [2.75, 3.05) is 6.61 Å². The molecule has 1 amide bonds. The molecule has 0 radical (unpaired) electrons. The first-order valence-electron chi connectivity index (χ1n) is 6.74. The van der Waals surface area contributed by atoms with E-state index < -0.39 is 18.1 Å². The summed E-state index contributed by atoms with van der Waals surface area (Å²) >= 11 is 6.13. The van der Waals surface area contributed by atoms with E-state index in [-0.39, 0.29) is 18.6 Å². The number of halogens is 1. The van der Waals surface area contributed by atoms with Gasteiger partial charge in [0.15, 0.2) is 6.10 Å². The van der Waals surface area contributed by atoms with E-state index in [9.17, 15) is 14.7 Å². The number of amides is 1. The normalized spacial score (nSPS) is 22.7. The molecule has 1 heterocycles. The third-order valence-corrected chi connectivity index (χ3v) is 4.01. The minimum atomic E-state index is -1.09. The summed E-state index contributed by atoms with van der Waals surface area (Å²) in [5, 5.41) is 9.92. The molecule has 2 atom stereocenters. The highest BCUT2D eigenvalue weighted by atomic mass is 35.5. The molecule has 6 heteroatoms. The molecule has 0 saturated carbocycles. The van der Waals surface area contributed by atoms with E-state index >= 15 is 0 Å². The summed E-state index contributed by atoms with van der Waals surface area (Å²) < 4.78 is 5.24. The predicted octanol–water partition coefficient (Wildman–Crippen LogP) is 2.41. The number of carbonyl (C=O) groups is 2. The minimum absolute atomic E-state index is 0.131. The molecule has 0 aliphatic carbocycles. The van der Waals surface area contributed by atoms with Gasteiger partial charge < -0.3 is 14.7 Å². The van der Waals surface area contributed by atoms with Gasteiger partial charge in [-0.3, -0.25) is 4.79 Å². The van der Waals surface area contributed by atoms with Crippen molar-refractivity contribution in [2.45, 2.75) is 39.0 Å². The van der Waals surface area contributed by atoms with Crippen molar-refractivity contribution in [3.8, 4) is 0 Å². The summed E-state index contributed by atoms with van der Waals surface area (Å²) in [5.74, 6) is -1.31. The van der Waals surface area contributed by atoms with Crippen LogP contribution in [-0.4, -0.2) is 40.6 Å². The molecular weight excluding hydrogens is 294 g/mol. The Balaban J connectivity index is 2.51. The molecule has 1 fully saturated rings. The largest absolute Gasteiger partial charge is 0.479 e. The van der Waals surface area contributed by atoms with Gasteiger partial charge in [-0.05, 0) is 38.0 Å². The number of hydrogen-bond acceptors (Lipinski definition) is 3. The molecule has 1 aliphatic rings. The third kappa shape index (κ3) is 3.04. The predicted molar refractivity (Wildman–Crippen MR) is 78.3 cm³/mol. The van der Waals surface area contributed by atoms with Crippen LogP contribution >= 0.6 is 11.6 Å². The van der Waals surface area contributed by atoms with E-state index in [0.717, 1.165) is 5.56 Å². The van der Waals surface area contributed by atoms with Crippen molar-refractivity contribution < 1.29 is 19.4 Å². The molecule has 2 rings (SSSR count). The minimum Gasteiger partial charge on any atom is -0.479 e. The first-order valence-corrected chi connectivity index (χ1v) is 7.12. The second-order valence-corrected chi connectivity index (χ2v) is 5.83. The smallest absolute Gasteiger partial charge is 0.335 e. The number of carbonyl (C=O) groups excluding carboxylic acids is 1. The molecule has 1 aliphatic heterocycles. The average molecular weight is 312 g/mol. The summed E-state index contributed by atoms with van der Waals surface area (Å²) in [6, 6.07) is 4.50. The average Bonchev–Trinajstić information content (AvgIpc) is 2.40. The van der Waals surface area contributed by atoms with Crippen LogP contribution in [0.1, 0.15) is 31.0 Å². The zero-order chi connectivity index (χ0) is 15.7. The molecule has 1 N–H and O–H groups in total. The van der Waals surface area contributed by atoms with Gasteiger partial charge in [0, 0.05) is 11.1 Å². The maximum absolute atomic E-state index is 12.1. The molecule has 0 spiro atoms. The Labute approximate surface area is 128 Å². The number of carboxylic acid groups (broad SMARTS) is 1. The summed E-state index contributed by atoms with van der Waals surface area (Å²) in [7, 11) is 0. The lowest BCUT2D eigenvalue weighted by molar-refractivity contribution is -0.175. The van der Waals surface area contributed by atoms with Gasteiger partial charge in [-0.2, -0.15) is 0 Å². The van der Waals surface area contributed by atoms with Crippen molar-refractivity contribution in [3.05, 3.63) is 34.3 Å². The van der Waals surface area contributed by atoms with Gasteiger partial charge >= 0.3 is 5.97 Å². The Morgan fingerprint density at radius 2 is 2.14 bits per heavy atom. The van der Waals surface area contributed by atoms with Crippen LogP contribution in [0.25, 0.3) is 0 Å². The van der Waals surface area contributed by atoms with E-state index in [1.54, 1.807) is 17.0 Å². The molecule has 2 unspecified atom stereocenters. The fraction of sp³-hybridized carbons (Fsp3) is 0.467. The summed E-state index contributed by atoms with van der Waals surface area (Å²) in [6.45, 7) is 5.35. The zero-order valence-corrected chi connectivity index (χ0v) is 12.9. The van der Waals surface area contributed by atoms with Crippen LogP contribution in [0.5, 0.6) is 0 Å². The van der Waals surface area contributed by atoms with Gasteiger partial charge in [0.1, 0.15) is 6.61 Å². The Bertz CT molecular complexity index is 573. The van der Waals surface area contributed by atoms with Crippen molar-refractivity contribution in [2.24, 2.45) is 0 Å². The van der Waals surface area contributed by atoms with Gasteiger partial charge in [0.05, 0.1) is 6.04 Å². The molecule has 5 nitrogen and oxygen atoms in total. The van der Waals surface area contributed by atoms with Gasteiger partial charge in [-0.25, -0.2) is 4.79 Å². The topological polar surface area (TPSA) is 66.8 Å². The van der Waals surface area contributed by atoms with Crippen LogP contribution in [-0.2, 0) is 14.3 Å². The number of nitrogens with zero attached hydrogens (tertiary/aromatic N) is 1. The van der Waals surface area contributed by atoms with E-state index in [2.05, 4.69) is 0 Å². The molecule has 21 heavy (non-hydrogen) atoms. The van der Waals surface area contributed by atoms with Gasteiger partial charge in [0.25, 0.3) is 0 Å². The van der Waals surface area contributed by atoms with Crippen molar-refractivity contribution in [1.29, 1.82) is 0 Å². The second kappa shape index (κ2) is 6.03. The molecule has 0 bridgehead atoms. The number of hydrogen-bond donors (Lipinski definition) is 1. The molecule has 0 aromatic heterocycles. The zero-order valence-electron chi connectivity index (χ0n) is 12.2. The third-order valence-electron chi connectivity index (χ3n) is 3.60. The van der Waals surface area contributed by atoms with E-state index in [1.165, 1.54) is 0 Å². The second-order valence-electron chi connectivity index (χ2n) is 5.42. The monoisotopic (exact) mass is 311 g/mol. The number of morpholine rings is 1. The highest BCUT2D eigenvalue weighted by Crippen LogP contribution is 2.34. The molecule has 1 saturated heterocycles. The van der Waals surface area contributed by atoms with Crippen molar-refractivity contribution in [3.63, 3.8) is 0 Å². The number of ether oxygens (including phenoxy) is 1. The number of aryl methyl sites for hydroxylation is 1. The van der Waals surface area contributed by atoms with Crippen molar-refractivity contribution >= 4 is 23.5 Å². The molecule has 114 valence electrons. The molecular formula is C15H18ClNO4. The Kier molecular flexibility index (Phi) is 4.54. The maximum Gasteiger partial charge on any atom is 0.335 e. The van der Waals surface area contributed by atoms with Gasteiger partial charge in [-0.15, -0.1) is 0 Å². The van der Waals surface area contributed by atoms with Gasteiger partial charge in [-0.1, -0.05) is 23.7 Å². The van der Waals surface area contributed by atoms with Crippen LogP contribution in [0.3, 0.4) is 0 Å². The van der Waals surface area contributed by atoms with Crippen LogP contribution in [0.2, 0.25) is 5.02 Å². The Morgan fingerprint density at radius 1 is 1.48 bits per heavy atom. The molecule has 1 aromatic carbocycles. The fourth-order valence-electron chi connectivity index (χ4n) is 2.57. The van der Waals surface area contributed by atoms with Crippen LogP contribution in [0.4, 0.5) is 0 Å². The quantitative estimate of drug-likeness (QED) is 0.931. The van der Waals surface area contributed by atoms with E-state index in [1.807, 2.05) is 26.8 Å². The highest BCUT2D eigenvalue weighted by molar-refractivity contribution is 6.31. The number of rotatable bonds is 3. The summed E-state index contributed by atoms with van der Waals surface area (Å²) in [5.41, 5.74) is 1.56. The van der Waals surface area contributed by atoms with Crippen LogP contribution < -0.4 is 0 Å². The summed E-state index contributed by atoms with van der Waals surface area (Å²) in [4.78, 5) is 25.1. The number of benzene rings is 1. The lowest BCUT2D eigenvalue weighted by Crippen LogP contribution is -2.54. The number of carboxylic acids is 1. The fourth-order valence-corrected chi connectivity index (χ4v) is 2.76.